The first-order valence-electron chi connectivity index (χ1n) is 27.3. The van der Waals surface area contributed by atoms with E-state index in [4.69, 9.17) is 47.4 Å². The van der Waals surface area contributed by atoms with Gasteiger partial charge in [0.05, 0.1) is 35.6 Å². The number of nitrogens with one attached hydrogen (secondary N) is 3. The minimum atomic E-state index is -2.37. The molecule has 1 heterocycles. The summed E-state index contributed by atoms with van der Waals surface area (Å²) in [6.45, 7) is 12.1. The molecule has 12 atom stereocenters. The Bertz CT molecular complexity index is 2710. The third kappa shape index (κ3) is 13.9. The Morgan fingerprint density at radius 3 is 2.06 bits per heavy atom. The number of aliphatic hydroxyl groups is 1. The van der Waals surface area contributed by atoms with Gasteiger partial charge in [-0.05, 0) is 89.6 Å². The minimum absolute atomic E-state index is 0.0529. The second kappa shape index (κ2) is 26.7. The maximum atomic E-state index is 15.9. The van der Waals surface area contributed by atoms with Crippen molar-refractivity contribution < 1.29 is 95.6 Å². The number of fused-ring (bicyclic) bond motifs is 5. The molecule has 450 valence electrons. The molecule has 2 aromatic carbocycles. The number of hydrogen-bond acceptors (Lipinski definition) is 20. The van der Waals surface area contributed by atoms with Crippen LogP contribution in [0.15, 0.2) is 71.8 Å². The van der Waals surface area contributed by atoms with E-state index in [0.29, 0.717) is 19.4 Å². The van der Waals surface area contributed by atoms with Crippen molar-refractivity contribution in [3.05, 3.63) is 82.9 Å². The van der Waals surface area contributed by atoms with Gasteiger partial charge in [-0.3, -0.25) is 24.0 Å². The third-order valence-electron chi connectivity index (χ3n) is 16.1. The van der Waals surface area contributed by atoms with Crippen molar-refractivity contribution in [2.45, 2.75) is 160 Å². The highest BCUT2D eigenvalue weighted by Gasteiger charge is 2.78. The Balaban J connectivity index is 1.39. The highest BCUT2D eigenvalue weighted by Crippen LogP contribution is 2.65. The van der Waals surface area contributed by atoms with E-state index in [-0.39, 0.29) is 60.0 Å². The SMILES string of the molecule is COCC(=O)NCCCCC(NC(=O)COCC(=O)OC(C(=O)O[C@H]1C[C@@]2(O)[C@@H](OC(=O)c3ccccc3)C3[C@]4(OC(C)=O)COC4C[C@H](OC)[C@@]3(C)C(=O)[C@H](OC)C(=C1C)C2(C)C)[C@@H](NC(=O)OC(C)(C)C)c1ccccc1)C(C)=O. The van der Waals surface area contributed by atoms with Crippen LogP contribution in [0.4, 0.5) is 4.79 Å². The van der Waals surface area contributed by atoms with E-state index in [1.54, 1.807) is 97.0 Å². The number of hydrogen-bond donors (Lipinski definition) is 4. The molecule has 3 amide bonds. The smallest absolute Gasteiger partial charge is 0.408 e. The van der Waals surface area contributed by atoms with Crippen LogP contribution in [0.5, 0.6) is 0 Å². The molecular weight excluding hydrogens is 1070 g/mol. The number of esters is 4. The van der Waals surface area contributed by atoms with Gasteiger partial charge >= 0.3 is 30.0 Å². The molecule has 2 bridgehead atoms. The number of carbonyl (C=O) groups is 9. The summed E-state index contributed by atoms with van der Waals surface area (Å²) in [5.41, 5.74) is -7.79. The number of rotatable bonds is 24. The zero-order valence-electron chi connectivity index (χ0n) is 48.7. The van der Waals surface area contributed by atoms with Gasteiger partial charge in [-0.15, -0.1) is 0 Å². The van der Waals surface area contributed by atoms with Gasteiger partial charge in [0.2, 0.25) is 17.9 Å². The maximum absolute atomic E-state index is 15.9. The van der Waals surface area contributed by atoms with E-state index < -0.39 is 144 Å². The van der Waals surface area contributed by atoms with E-state index in [0.717, 1.165) is 0 Å². The summed E-state index contributed by atoms with van der Waals surface area (Å²) in [4.78, 5) is 124. The Labute approximate surface area is 477 Å². The molecule has 4 unspecified atom stereocenters. The van der Waals surface area contributed by atoms with Gasteiger partial charge in [0.15, 0.2) is 17.2 Å². The quantitative estimate of drug-likeness (QED) is 0.0497. The first kappa shape index (κ1) is 64.5. The third-order valence-corrected chi connectivity index (χ3v) is 16.1. The van der Waals surface area contributed by atoms with Crippen molar-refractivity contribution in [1.29, 1.82) is 0 Å². The van der Waals surface area contributed by atoms with E-state index in [1.807, 2.05) is 0 Å². The average molecular weight is 1150 g/mol. The lowest BCUT2D eigenvalue weighted by Gasteiger charge is -2.67. The summed E-state index contributed by atoms with van der Waals surface area (Å²) in [6.07, 6.45) is -9.14. The van der Waals surface area contributed by atoms with Crippen molar-refractivity contribution in [3.63, 3.8) is 0 Å². The topological polar surface area (TPSA) is 302 Å². The Morgan fingerprint density at radius 2 is 1.49 bits per heavy atom. The summed E-state index contributed by atoms with van der Waals surface area (Å²) in [7, 11) is 4.10. The molecule has 4 aliphatic rings. The standard InChI is InChI=1S/C59H79N3O20/c1-33-39(28-59(72)51(80-52(69)37-23-17-14-18-24-37)49-57(9,50(68)47(75-12)45(33)56(59,7)8)40(74-11)27-41-58(49,32-77-41)81-35(3)64)78-53(70)48(46(36-21-15-13-16-22-36)62-54(71)82-55(4,5)6)79-44(67)31-76-30-43(66)61-38(34(2)63)25-19-20-26-60-42(65)29-73-10/h13-18,21-24,38-41,46-49,51,72H,19-20,25-32H2,1-12H3,(H,60,65)(H,61,66)(H,62,71)/t38?,39-,40-,41?,46-,47+,48?,49?,51-,57+,58-,59+/m0/s1. The van der Waals surface area contributed by atoms with E-state index in [2.05, 4.69) is 16.0 Å². The van der Waals surface area contributed by atoms with Gasteiger partial charge < -0.3 is 68.4 Å². The molecule has 23 heteroatoms. The molecule has 6 rings (SSSR count). The molecule has 4 N–H and O–H groups in total. The fourth-order valence-corrected chi connectivity index (χ4v) is 12.1. The van der Waals surface area contributed by atoms with Crippen molar-refractivity contribution in [1.82, 2.24) is 16.0 Å². The molecule has 82 heavy (non-hydrogen) atoms. The molecule has 0 radical (unpaired) electrons. The van der Waals surface area contributed by atoms with Gasteiger partial charge in [0.1, 0.15) is 61.5 Å². The van der Waals surface area contributed by atoms with Crippen LogP contribution in [0.1, 0.15) is 116 Å². The highest BCUT2D eigenvalue weighted by molar-refractivity contribution is 5.94. The Kier molecular flexibility index (Phi) is 21.0. The molecule has 3 fully saturated rings. The van der Waals surface area contributed by atoms with Crippen molar-refractivity contribution in [2.75, 3.05) is 54.3 Å². The van der Waals surface area contributed by atoms with Crippen LogP contribution in [-0.2, 0) is 80.9 Å². The van der Waals surface area contributed by atoms with E-state index in [1.165, 1.54) is 47.3 Å². The second-order valence-electron chi connectivity index (χ2n) is 23.0. The summed E-state index contributed by atoms with van der Waals surface area (Å²) < 4.78 is 59.3. The predicted octanol–water partition coefficient (Wildman–Crippen LogP) is 4.14. The van der Waals surface area contributed by atoms with E-state index >= 15 is 9.59 Å². The summed E-state index contributed by atoms with van der Waals surface area (Å²) in [5.74, 6) is -7.56. The Hall–Kier alpha value is -6.63. The lowest BCUT2D eigenvalue weighted by atomic mass is 9.44. The maximum Gasteiger partial charge on any atom is 0.408 e. The molecule has 0 spiro atoms. The van der Waals surface area contributed by atoms with Gasteiger partial charge in [0, 0.05) is 53.1 Å². The van der Waals surface area contributed by atoms with Gasteiger partial charge in [0.25, 0.3) is 0 Å². The summed E-state index contributed by atoms with van der Waals surface area (Å²) in [6, 6.07) is 13.4. The van der Waals surface area contributed by atoms with Crippen LogP contribution in [0, 0.1) is 16.7 Å². The van der Waals surface area contributed by atoms with Crippen LogP contribution in [0.3, 0.4) is 0 Å². The molecule has 2 saturated carbocycles. The predicted molar refractivity (Wildman–Crippen MR) is 289 cm³/mol. The number of benzene rings is 2. The molecule has 2 aromatic rings. The average Bonchev–Trinajstić information content (AvgIpc) is 3.42. The fraction of sp³-hybridized carbons (Fsp3) is 0.610. The van der Waals surface area contributed by atoms with Crippen molar-refractivity contribution in [3.8, 4) is 0 Å². The van der Waals surface area contributed by atoms with E-state index in [9.17, 15) is 38.7 Å². The van der Waals surface area contributed by atoms with Gasteiger partial charge in [-0.2, -0.15) is 0 Å². The molecule has 3 aliphatic carbocycles. The largest absolute Gasteiger partial charge is 0.455 e. The van der Waals surface area contributed by atoms with Crippen molar-refractivity contribution >= 4 is 53.4 Å². The lowest BCUT2D eigenvalue weighted by molar-refractivity contribution is -0.347. The first-order valence-corrected chi connectivity index (χ1v) is 27.3. The molecular formula is C59H79N3O20. The monoisotopic (exact) mass is 1150 g/mol. The number of unbranched alkanes of at least 4 members (excludes halogenated alkanes) is 1. The number of Topliss-reactive ketones (excluding diaryl/α,β-unsaturated/α-hetero) is 2. The zero-order valence-corrected chi connectivity index (χ0v) is 48.7. The first-order chi connectivity index (χ1) is 38.6. The molecule has 23 nitrogen and oxygen atoms in total. The van der Waals surface area contributed by atoms with Crippen LogP contribution in [-0.4, -0.2) is 172 Å². The van der Waals surface area contributed by atoms with Crippen LogP contribution < -0.4 is 16.0 Å². The fourth-order valence-electron chi connectivity index (χ4n) is 12.1. The minimum Gasteiger partial charge on any atom is -0.455 e. The lowest BCUT2D eigenvalue weighted by Crippen LogP contribution is -2.82. The number of ether oxygens (including phenoxy) is 10. The van der Waals surface area contributed by atoms with Gasteiger partial charge in [-0.25, -0.2) is 19.2 Å². The zero-order chi connectivity index (χ0) is 60.5. The summed E-state index contributed by atoms with van der Waals surface area (Å²) >= 11 is 0. The molecule has 0 aromatic heterocycles. The summed E-state index contributed by atoms with van der Waals surface area (Å²) in [5, 5.41) is 22.0. The number of alkyl carbamates (subject to hydrolysis) is 1. The second-order valence-corrected chi connectivity index (χ2v) is 23.0. The Morgan fingerprint density at radius 1 is 0.829 bits per heavy atom. The van der Waals surface area contributed by atoms with Crippen LogP contribution in [0.2, 0.25) is 0 Å². The van der Waals surface area contributed by atoms with Crippen LogP contribution >= 0.6 is 0 Å². The number of methoxy groups -OCH3 is 3. The number of ketones is 2. The number of amides is 3. The molecule has 1 saturated heterocycles. The highest BCUT2D eigenvalue weighted by atomic mass is 16.6. The van der Waals surface area contributed by atoms with Gasteiger partial charge in [-0.1, -0.05) is 62.4 Å². The molecule has 1 aliphatic heterocycles. The number of carbonyl (C=O) groups excluding carboxylic acids is 9. The van der Waals surface area contributed by atoms with Crippen molar-refractivity contribution in [2.24, 2.45) is 16.7 Å². The normalized spacial score (nSPS) is 27.4. The van der Waals surface area contributed by atoms with Crippen LogP contribution in [0.25, 0.3) is 0 Å².